The molecule has 3 amide bonds. The molecule has 1 atom stereocenters. The van der Waals surface area contributed by atoms with E-state index in [1.165, 1.54) is 25.4 Å². The molecule has 0 saturated heterocycles. The van der Waals surface area contributed by atoms with E-state index in [0.717, 1.165) is 11.1 Å². The molecule has 47 heavy (non-hydrogen) atoms. The Morgan fingerprint density at radius 3 is 2.60 bits per heavy atom. The Hall–Kier alpha value is -6.05. The number of benzene rings is 3. The summed E-state index contributed by atoms with van der Waals surface area (Å²) >= 11 is 0. The molecule has 3 N–H and O–H groups in total. The molecule has 240 valence electrons. The minimum absolute atomic E-state index is 0.0671. The summed E-state index contributed by atoms with van der Waals surface area (Å²) in [5.74, 6) is 1.09. The van der Waals surface area contributed by atoms with Gasteiger partial charge in [-0.05, 0) is 35.7 Å². The maximum absolute atomic E-state index is 13.4. The third kappa shape index (κ3) is 6.81. The number of anilines is 2. The van der Waals surface area contributed by atoms with Crippen LogP contribution in [0.15, 0.2) is 67.0 Å². The Bertz CT molecular complexity index is 1950. The first-order valence-electron chi connectivity index (χ1n) is 14.8. The van der Waals surface area contributed by atoms with Gasteiger partial charge < -0.3 is 29.7 Å². The lowest BCUT2D eigenvalue weighted by atomic mass is 10.1. The van der Waals surface area contributed by atoms with Crippen LogP contribution in [0.1, 0.15) is 34.0 Å². The number of fused-ring (bicyclic) bond motifs is 2. The minimum Gasteiger partial charge on any atom is -0.493 e. The largest absolute Gasteiger partial charge is 0.493 e. The minimum atomic E-state index is -0.966. The van der Waals surface area contributed by atoms with Crippen LogP contribution in [0.4, 0.5) is 11.5 Å². The molecule has 0 fully saturated rings. The first-order chi connectivity index (χ1) is 22.8. The summed E-state index contributed by atoms with van der Waals surface area (Å²) in [6.45, 7) is -0.0749. The lowest BCUT2D eigenvalue weighted by Gasteiger charge is -2.20. The van der Waals surface area contributed by atoms with Crippen molar-refractivity contribution in [3.05, 3.63) is 89.8 Å². The molecule has 3 aromatic carbocycles. The van der Waals surface area contributed by atoms with Gasteiger partial charge in [0.25, 0.3) is 11.8 Å². The van der Waals surface area contributed by atoms with Gasteiger partial charge in [0, 0.05) is 31.3 Å². The van der Waals surface area contributed by atoms with E-state index in [0.29, 0.717) is 58.3 Å². The number of aromatic nitrogens is 5. The standard InChI is InChI=1S/C33H32N8O6/c1-41-24-13-20(10-12-29(42)38-30-21-15-26(45-2)27(46-3)16-22(21)34-18-35-30)9-11-25(24)47-17-23(33(41)44)36-32(43)31-37-28(39-40-31)14-19-7-5-4-6-8-19/h4-9,11,13,15-16,18,23H,10,12,14,17H2,1-3H3,(H,36,43)(H,37,39,40)(H,34,35,38,42)/t23-/m1/s1. The second-order valence-electron chi connectivity index (χ2n) is 10.8. The fourth-order valence-corrected chi connectivity index (χ4v) is 5.23. The van der Waals surface area contributed by atoms with Gasteiger partial charge in [0.1, 0.15) is 36.4 Å². The highest BCUT2D eigenvalue weighted by atomic mass is 16.5. The zero-order valence-corrected chi connectivity index (χ0v) is 25.9. The molecule has 0 radical (unpaired) electrons. The quantitative estimate of drug-likeness (QED) is 0.207. The Labute approximate surface area is 269 Å². The van der Waals surface area contributed by atoms with Crippen LogP contribution in [0, 0.1) is 0 Å². The molecule has 0 bridgehead atoms. The van der Waals surface area contributed by atoms with Crippen LogP contribution in [0.3, 0.4) is 0 Å². The number of ether oxygens (including phenoxy) is 3. The number of hydrogen-bond acceptors (Lipinski definition) is 10. The number of rotatable bonds is 10. The Morgan fingerprint density at radius 1 is 1.02 bits per heavy atom. The molecule has 2 aromatic heterocycles. The topological polar surface area (TPSA) is 174 Å². The molecular weight excluding hydrogens is 604 g/mol. The van der Waals surface area contributed by atoms with Crippen molar-refractivity contribution in [2.45, 2.75) is 25.3 Å². The lowest BCUT2D eigenvalue weighted by Crippen LogP contribution is -2.49. The summed E-state index contributed by atoms with van der Waals surface area (Å²) in [4.78, 5) is 53.5. The highest BCUT2D eigenvalue weighted by molar-refractivity contribution is 6.03. The number of carbonyl (C=O) groups excluding carboxylic acids is 3. The lowest BCUT2D eigenvalue weighted by molar-refractivity contribution is -0.120. The Kier molecular flexibility index (Phi) is 8.91. The van der Waals surface area contributed by atoms with Crippen LogP contribution >= 0.6 is 0 Å². The molecule has 0 unspecified atom stereocenters. The number of aromatic amines is 1. The predicted octanol–water partition coefficient (Wildman–Crippen LogP) is 3.08. The van der Waals surface area contributed by atoms with Crippen molar-refractivity contribution in [3.8, 4) is 17.2 Å². The molecular formula is C33H32N8O6. The maximum Gasteiger partial charge on any atom is 0.291 e. The number of hydrogen-bond donors (Lipinski definition) is 3. The van der Waals surface area contributed by atoms with Crippen LogP contribution in [-0.4, -0.2) is 76.8 Å². The van der Waals surface area contributed by atoms with Crippen molar-refractivity contribution in [2.24, 2.45) is 0 Å². The number of methoxy groups -OCH3 is 2. The van der Waals surface area contributed by atoms with Gasteiger partial charge in [-0.2, -0.15) is 0 Å². The Balaban J connectivity index is 1.08. The molecule has 1 aliphatic rings. The average Bonchev–Trinajstić information content (AvgIpc) is 3.53. The molecule has 3 heterocycles. The third-order valence-electron chi connectivity index (χ3n) is 7.71. The first-order valence-corrected chi connectivity index (χ1v) is 14.8. The van der Waals surface area contributed by atoms with Gasteiger partial charge in [0.05, 0.1) is 25.4 Å². The SMILES string of the molecule is COc1cc2ncnc(NC(=O)CCc3ccc4c(c3)N(C)C(=O)[C@H](NC(=O)c3n[nH]c(Cc5ccccc5)n3)CO4)c2cc1OC. The summed E-state index contributed by atoms with van der Waals surface area (Å²) in [7, 11) is 4.67. The number of nitrogens with zero attached hydrogens (tertiary/aromatic N) is 5. The van der Waals surface area contributed by atoms with Crippen LogP contribution in [0.5, 0.6) is 17.2 Å². The number of aryl methyl sites for hydroxylation is 1. The van der Waals surface area contributed by atoms with Crippen LogP contribution in [0.2, 0.25) is 0 Å². The zero-order chi connectivity index (χ0) is 32.9. The van der Waals surface area contributed by atoms with Gasteiger partial charge >= 0.3 is 0 Å². The average molecular weight is 637 g/mol. The van der Waals surface area contributed by atoms with E-state index in [1.54, 1.807) is 31.3 Å². The summed E-state index contributed by atoms with van der Waals surface area (Å²) in [5, 5.41) is 13.0. The van der Waals surface area contributed by atoms with Crippen molar-refractivity contribution in [2.75, 3.05) is 38.1 Å². The van der Waals surface area contributed by atoms with E-state index in [4.69, 9.17) is 14.2 Å². The van der Waals surface area contributed by atoms with Crippen LogP contribution in [-0.2, 0) is 22.4 Å². The molecule has 5 aromatic rings. The maximum atomic E-state index is 13.4. The number of nitrogens with one attached hydrogen (secondary N) is 3. The summed E-state index contributed by atoms with van der Waals surface area (Å²) < 4.78 is 16.6. The normalized spacial score (nSPS) is 14.1. The van der Waals surface area contributed by atoms with Crippen molar-refractivity contribution in [1.82, 2.24) is 30.5 Å². The van der Waals surface area contributed by atoms with Crippen molar-refractivity contribution < 1.29 is 28.6 Å². The van der Waals surface area contributed by atoms with E-state index in [-0.39, 0.29) is 30.7 Å². The smallest absolute Gasteiger partial charge is 0.291 e. The Morgan fingerprint density at radius 2 is 1.81 bits per heavy atom. The third-order valence-corrected chi connectivity index (χ3v) is 7.71. The number of amides is 3. The molecule has 14 heteroatoms. The molecule has 0 spiro atoms. The van der Waals surface area contributed by atoms with Crippen LogP contribution in [0.25, 0.3) is 10.9 Å². The van der Waals surface area contributed by atoms with Gasteiger partial charge in [-0.1, -0.05) is 36.4 Å². The van der Waals surface area contributed by atoms with E-state index in [1.807, 2.05) is 36.4 Å². The highest BCUT2D eigenvalue weighted by Crippen LogP contribution is 2.34. The monoisotopic (exact) mass is 636 g/mol. The van der Waals surface area contributed by atoms with Crippen molar-refractivity contribution >= 4 is 40.1 Å². The predicted molar refractivity (Wildman–Crippen MR) is 172 cm³/mol. The van der Waals surface area contributed by atoms with E-state index in [2.05, 4.69) is 35.8 Å². The number of H-pyrrole nitrogens is 1. The highest BCUT2D eigenvalue weighted by Gasteiger charge is 2.32. The molecule has 14 nitrogen and oxygen atoms in total. The molecule has 0 saturated carbocycles. The van der Waals surface area contributed by atoms with Gasteiger partial charge in [-0.3, -0.25) is 19.5 Å². The van der Waals surface area contributed by atoms with Gasteiger partial charge in [0.2, 0.25) is 11.7 Å². The first kappa shape index (κ1) is 31.0. The summed E-state index contributed by atoms with van der Waals surface area (Å²) in [6.07, 6.45) is 2.39. The molecule has 0 aliphatic carbocycles. The number of carbonyl (C=O) groups is 3. The molecule has 6 rings (SSSR count). The summed E-state index contributed by atoms with van der Waals surface area (Å²) in [5.41, 5.74) is 2.95. The van der Waals surface area contributed by atoms with E-state index < -0.39 is 11.9 Å². The van der Waals surface area contributed by atoms with Crippen LogP contribution < -0.4 is 29.7 Å². The van der Waals surface area contributed by atoms with Crippen molar-refractivity contribution in [1.29, 1.82) is 0 Å². The van der Waals surface area contributed by atoms with Gasteiger partial charge in [-0.15, -0.1) is 5.10 Å². The fraction of sp³-hybridized carbons (Fsp3) is 0.242. The van der Waals surface area contributed by atoms with Gasteiger partial charge in [-0.25, -0.2) is 15.0 Å². The van der Waals surface area contributed by atoms with E-state index in [9.17, 15) is 14.4 Å². The van der Waals surface area contributed by atoms with E-state index >= 15 is 0 Å². The second-order valence-corrected chi connectivity index (χ2v) is 10.8. The second kappa shape index (κ2) is 13.5. The fourth-order valence-electron chi connectivity index (χ4n) is 5.23. The number of likely N-dealkylation sites (N-methyl/N-ethyl adjacent to an activating group) is 1. The zero-order valence-electron chi connectivity index (χ0n) is 25.9. The molecule has 1 aliphatic heterocycles. The van der Waals surface area contributed by atoms with Crippen molar-refractivity contribution in [3.63, 3.8) is 0 Å². The summed E-state index contributed by atoms with van der Waals surface area (Å²) in [6, 6.07) is 17.5. The van der Waals surface area contributed by atoms with Gasteiger partial charge in [0.15, 0.2) is 11.5 Å².